The molecule has 0 aromatic carbocycles. The molecule has 1 aromatic rings. The van der Waals surface area contributed by atoms with E-state index >= 15 is 0 Å². The van der Waals surface area contributed by atoms with Crippen LogP contribution in [0, 0.1) is 6.92 Å². The van der Waals surface area contributed by atoms with E-state index in [0.717, 1.165) is 6.54 Å². The molecule has 1 aromatic heterocycles. The van der Waals surface area contributed by atoms with Gasteiger partial charge in [-0.05, 0) is 26.3 Å². The van der Waals surface area contributed by atoms with Crippen molar-refractivity contribution in [3.63, 3.8) is 0 Å². The van der Waals surface area contributed by atoms with Gasteiger partial charge in [0.2, 0.25) is 0 Å². The lowest BCUT2D eigenvalue weighted by molar-refractivity contribution is 0.460. The number of aryl methyl sites for hydroxylation is 1. The Morgan fingerprint density at radius 2 is 2.58 bits per heavy atom. The van der Waals surface area contributed by atoms with Crippen molar-refractivity contribution in [2.75, 3.05) is 13.1 Å². The van der Waals surface area contributed by atoms with E-state index in [1.165, 1.54) is 30.1 Å². The Morgan fingerprint density at radius 1 is 1.67 bits per heavy atom. The Morgan fingerprint density at radius 3 is 3.17 bits per heavy atom. The maximum absolute atomic E-state index is 4.51. The molecule has 0 aliphatic carbocycles. The van der Waals surface area contributed by atoms with E-state index < -0.39 is 0 Å². The highest BCUT2D eigenvalue weighted by Gasteiger charge is 2.17. The molecule has 1 N–H and O–H groups in total. The van der Waals surface area contributed by atoms with Crippen LogP contribution in [0.25, 0.3) is 0 Å². The third-order valence-electron chi connectivity index (χ3n) is 2.28. The molecule has 0 spiro atoms. The second kappa shape index (κ2) is 3.54. The van der Waals surface area contributed by atoms with Crippen LogP contribution in [-0.2, 0) is 0 Å². The number of thiazole rings is 1. The summed E-state index contributed by atoms with van der Waals surface area (Å²) in [5, 5.41) is 6.87. The van der Waals surface area contributed by atoms with Gasteiger partial charge in [0.25, 0.3) is 0 Å². The number of nitrogens with zero attached hydrogens (tertiary/aromatic N) is 1. The van der Waals surface area contributed by atoms with E-state index in [1.54, 1.807) is 11.3 Å². The summed E-state index contributed by atoms with van der Waals surface area (Å²) in [5.41, 5.74) is 1.17. The predicted molar refractivity (Wildman–Crippen MR) is 51.7 cm³/mol. The molecule has 1 aliphatic heterocycles. The van der Waals surface area contributed by atoms with Gasteiger partial charge in [-0.3, -0.25) is 0 Å². The Balaban J connectivity index is 2.08. The minimum atomic E-state index is 0.678. The topological polar surface area (TPSA) is 24.9 Å². The first-order valence-corrected chi connectivity index (χ1v) is 5.37. The van der Waals surface area contributed by atoms with Gasteiger partial charge in [0, 0.05) is 23.5 Å². The summed E-state index contributed by atoms with van der Waals surface area (Å²) >= 11 is 1.80. The van der Waals surface area contributed by atoms with Crippen LogP contribution in [0.15, 0.2) is 5.38 Å². The molecular formula is C9H14N2S. The quantitative estimate of drug-likeness (QED) is 0.717. The summed E-state index contributed by atoms with van der Waals surface area (Å²) in [6.07, 6.45) is 2.60. The van der Waals surface area contributed by atoms with E-state index in [-0.39, 0.29) is 0 Å². The number of rotatable bonds is 1. The summed E-state index contributed by atoms with van der Waals surface area (Å²) in [6.45, 7) is 4.37. The molecule has 2 nitrogen and oxygen atoms in total. The van der Waals surface area contributed by atoms with Gasteiger partial charge in [-0.25, -0.2) is 4.98 Å². The predicted octanol–water partition coefficient (Wildman–Crippen LogP) is 1.92. The molecule has 2 heterocycles. The van der Waals surface area contributed by atoms with Crippen molar-refractivity contribution in [1.29, 1.82) is 0 Å². The molecule has 0 saturated carbocycles. The molecule has 0 bridgehead atoms. The first kappa shape index (κ1) is 8.20. The van der Waals surface area contributed by atoms with E-state index in [4.69, 9.17) is 0 Å². The fraction of sp³-hybridized carbons (Fsp3) is 0.667. The molecular weight excluding hydrogens is 168 g/mol. The molecule has 12 heavy (non-hydrogen) atoms. The summed E-state index contributed by atoms with van der Waals surface area (Å²) in [6, 6.07) is 0. The average molecular weight is 182 g/mol. The summed E-state index contributed by atoms with van der Waals surface area (Å²) in [7, 11) is 0. The minimum absolute atomic E-state index is 0.678. The normalized spacial score (nSPS) is 24.2. The van der Waals surface area contributed by atoms with Crippen LogP contribution in [0.3, 0.4) is 0 Å². The lowest BCUT2D eigenvalue weighted by Crippen LogP contribution is -2.28. The number of piperidine rings is 1. The second-order valence-electron chi connectivity index (χ2n) is 3.37. The molecule has 1 fully saturated rings. The van der Waals surface area contributed by atoms with Crippen molar-refractivity contribution >= 4 is 11.3 Å². The second-order valence-corrected chi connectivity index (χ2v) is 4.26. The maximum atomic E-state index is 4.51. The zero-order chi connectivity index (χ0) is 8.39. The van der Waals surface area contributed by atoms with Gasteiger partial charge in [0.05, 0.1) is 5.01 Å². The van der Waals surface area contributed by atoms with Crippen LogP contribution in [-0.4, -0.2) is 18.1 Å². The number of hydrogen-bond donors (Lipinski definition) is 1. The first-order chi connectivity index (χ1) is 5.86. The van der Waals surface area contributed by atoms with Gasteiger partial charge in [-0.2, -0.15) is 0 Å². The lowest BCUT2D eigenvalue weighted by Gasteiger charge is -2.20. The minimum Gasteiger partial charge on any atom is -0.316 e. The largest absolute Gasteiger partial charge is 0.316 e. The van der Waals surface area contributed by atoms with Crippen LogP contribution in [0.2, 0.25) is 0 Å². The smallest absolute Gasteiger partial charge is 0.0971 e. The van der Waals surface area contributed by atoms with Crippen molar-refractivity contribution in [3.05, 3.63) is 16.1 Å². The third kappa shape index (κ3) is 1.67. The zero-order valence-corrected chi connectivity index (χ0v) is 8.16. The van der Waals surface area contributed by atoms with Crippen LogP contribution in [0.5, 0.6) is 0 Å². The van der Waals surface area contributed by atoms with Crippen LogP contribution in [0.1, 0.15) is 29.5 Å². The summed E-state index contributed by atoms with van der Waals surface area (Å²) < 4.78 is 0. The molecule has 1 atom stereocenters. The van der Waals surface area contributed by atoms with E-state index in [9.17, 15) is 0 Å². The third-order valence-corrected chi connectivity index (χ3v) is 3.41. The fourth-order valence-corrected chi connectivity index (χ4v) is 2.56. The highest BCUT2D eigenvalue weighted by Crippen LogP contribution is 2.25. The van der Waals surface area contributed by atoms with Crippen LogP contribution < -0.4 is 5.32 Å². The Hall–Kier alpha value is -0.410. The molecule has 66 valence electrons. The summed E-state index contributed by atoms with van der Waals surface area (Å²) in [5.74, 6) is 0.678. The average Bonchev–Trinajstić information content (AvgIpc) is 2.54. The van der Waals surface area contributed by atoms with Crippen LogP contribution >= 0.6 is 11.3 Å². The molecule has 3 heteroatoms. The SMILES string of the molecule is Cc1csc([C@H]2CCCNC2)n1. The van der Waals surface area contributed by atoms with Gasteiger partial charge in [0.1, 0.15) is 0 Å². The van der Waals surface area contributed by atoms with Crippen molar-refractivity contribution in [2.24, 2.45) is 0 Å². The highest BCUT2D eigenvalue weighted by atomic mass is 32.1. The molecule has 1 aliphatic rings. The first-order valence-electron chi connectivity index (χ1n) is 4.49. The van der Waals surface area contributed by atoms with E-state index in [2.05, 4.69) is 22.6 Å². The highest BCUT2D eigenvalue weighted by molar-refractivity contribution is 7.09. The van der Waals surface area contributed by atoms with Crippen molar-refractivity contribution < 1.29 is 0 Å². The number of aromatic nitrogens is 1. The van der Waals surface area contributed by atoms with Crippen molar-refractivity contribution in [2.45, 2.75) is 25.7 Å². The van der Waals surface area contributed by atoms with Crippen molar-refractivity contribution in [3.8, 4) is 0 Å². The lowest BCUT2D eigenvalue weighted by atomic mass is 10.0. The number of nitrogens with one attached hydrogen (secondary N) is 1. The Kier molecular flexibility index (Phi) is 2.42. The molecule has 1 saturated heterocycles. The standard InChI is InChI=1S/C9H14N2S/c1-7-6-12-9(11-7)8-3-2-4-10-5-8/h6,8,10H,2-5H2,1H3/t8-/m0/s1. The Labute approximate surface area is 77.0 Å². The fourth-order valence-electron chi connectivity index (χ4n) is 1.62. The monoisotopic (exact) mass is 182 g/mol. The zero-order valence-electron chi connectivity index (χ0n) is 7.34. The number of hydrogen-bond acceptors (Lipinski definition) is 3. The van der Waals surface area contributed by atoms with Gasteiger partial charge in [0.15, 0.2) is 0 Å². The van der Waals surface area contributed by atoms with E-state index in [1.807, 2.05) is 0 Å². The van der Waals surface area contributed by atoms with Gasteiger partial charge in [-0.1, -0.05) is 0 Å². The van der Waals surface area contributed by atoms with Gasteiger partial charge in [-0.15, -0.1) is 11.3 Å². The Bertz CT molecular complexity index is 251. The molecule has 0 radical (unpaired) electrons. The maximum Gasteiger partial charge on any atom is 0.0971 e. The summed E-state index contributed by atoms with van der Waals surface area (Å²) in [4.78, 5) is 4.51. The van der Waals surface area contributed by atoms with Gasteiger partial charge >= 0.3 is 0 Å². The molecule has 2 rings (SSSR count). The van der Waals surface area contributed by atoms with Gasteiger partial charge < -0.3 is 5.32 Å². The molecule has 0 amide bonds. The van der Waals surface area contributed by atoms with E-state index in [0.29, 0.717) is 5.92 Å². The van der Waals surface area contributed by atoms with Crippen molar-refractivity contribution in [1.82, 2.24) is 10.3 Å². The van der Waals surface area contributed by atoms with Crippen LogP contribution in [0.4, 0.5) is 0 Å². The molecule has 0 unspecified atom stereocenters.